The Labute approximate surface area is 247 Å². The number of aryl methyl sites for hydroxylation is 1. The fraction of sp³-hybridized carbons (Fsp3) is 0.212. The molecule has 1 aliphatic heterocycles. The first-order valence-electron chi connectivity index (χ1n) is 13.8. The third-order valence-corrected chi connectivity index (χ3v) is 9.65. The zero-order chi connectivity index (χ0) is 27.8. The van der Waals surface area contributed by atoms with E-state index in [-0.39, 0.29) is 0 Å². The number of pyridine rings is 1. The number of rotatable bonds is 6. The van der Waals surface area contributed by atoms with Crippen LogP contribution in [-0.4, -0.2) is 39.0 Å². The summed E-state index contributed by atoms with van der Waals surface area (Å²) < 4.78 is 7.67. The second kappa shape index (κ2) is 11.1. The molecule has 0 spiro atoms. The van der Waals surface area contributed by atoms with Crippen molar-refractivity contribution >= 4 is 49.9 Å². The smallest absolute Gasteiger partial charge is 0.209 e. The van der Waals surface area contributed by atoms with E-state index in [0.717, 1.165) is 56.7 Å². The van der Waals surface area contributed by atoms with Gasteiger partial charge in [0.2, 0.25) is 5.17 Å². The molecule has 0 amide bonds. The zero-order valence-electron chi connectivity index (χ0n) is 23.0. The Bertz CT molecular complexity index is 1820. The number of aliphatic imine (C=N–C) groups is 1. The maximum Gasteiger partial charge on any atom is 0.209 e. The molecule has 41 heavy (non-hydrogen) atoms. The summed E-state index contributed by atoms with van der Waals surface area (Å²) in [6.07, 6.45) is 8.61. The number of fused-ring (bicyclic) bond motifs is 2. The van der Waals surface area contributed by atoms with E-state index in [1.54, 1.807) is 30.2 Å². The molecule has 2 aromatic carbocycles. The van der Waals surface area contributed by atoms with Crippen molar-refractivity contribution in [2.45, 2.75) is 32.6 Å². The van der Waals surface area contributed by atoms with Crippen LogP contribution < -0.4 is 4.74 Å². The average Bonchev–Trinajstić information content (AvgIpc) is 3.79. The topological polar surface area (TPSA) is 64.1 Å². The monoisotopic (exact) mass is 575 g/mol. The van der Waals surface area contributed by atoms with Crippen molar-refractivity contribution in [3.05, 3.63) is 101 Å². The Kier molecular flexibility index (Phi) is 7.02. The first-order chi connectivity index (χ1) is 20.2. The van der Waals surface area contributed by atoms with Crippen LogP contribution in [0.1, 0.15) is 41.5 Å². The van der Waals surface area contributed by atoms with Gasteiger partial charge in [-0.2, -0.15) is 5.10 Å². The summed E-state index contributed by atoms with van der Waals surface area (Å²) in [5, 5.41) is 11.2. The quantitative estimate of drug-likeness (QED) is 0.152. The van der Waals surface area contributed by atoms with E-state index in [1.165, 1.54) is 40.6 Å². The number of thiophene rings is 1. The minimum absolute atomic E-state index is 0.694. The summed E-state index contributed by atoms with van der Waals surface area (Å²) in [4.78, 5) is 12.1. The number of thioether (sulfide) groups is 1. The highest BCUT2D eigenvalue weighted by Crippen LogP contribution is 2.44. The second-order valence-electron chi connectivity index (χ2n) is 10.2. The van der Waals surface area contributed by atoms with Crippen molar-refractivity contribution in [3.63, 3.8) is 0 Å². The molecule has 2 aliphatic rings. The summed E-state index contributed by atoms with van der Waals surface area (Å²) in [6, 6.07) is 22.8. The minimum atomic E-state index is 0.694. The van der Waals surface area contributed by atoms with Crippen LogP contribution in [0.4, 0.5) is 0 Å². The summed E-state index contributed by atoms with van der Waals surface area (Å²) >= 11 is 3.32. The molecule has 0 bridgehead atoms. The molecule has 6 nitrogen and oxygen atoms in total. The van der Waals surface area contributed by atoms with Gasteiger partial charge in [-0.05, 0) is 79.1 Å². The normalized spacial score (nSPS) is 16.3. The molecule has 0 atom stereocenters. The highest BCUT2D eigenvalue weighted by Gasteiger charge is 2.26. The van der Waals surface area contributed by atoms with Crippen molar-refractivity contribution in [3.8, 4) is 22.6 Å². The van der Waals surface area contributed by atoms with Gasteiger partial charge >= 0.3 is 0 Å². The first-order valence-corrected chi connectivity index (χ1v) is 15.6. The lowest BCUT2D eigenvalue weighted by atomic mass is 9.87. The van der Waals surface area contributed by atoms with Gasteiger partial charge in [-0.25, -0.2) is 9.98 Å². The molecule has 1 aliphatic carbocycles. The van der Waals surface area contributed by atoms with E-state index in [2.05, 4.69) is 58.5 Å². The number of methoxy groups -OCH3 is 1. The van der Waals surface area contributed by atoms with Gasteiger partial charge in [0.1, 0.15) is 10.6 Å². The van der Waals surface area contributed by atoms with E-state index >= 15 is 0 Å². The molecule has 0 radical (unpaired) electrons. The number of ether oxygens (including phenoxy) is 1. The van der Waals surface area contributed by atoms with Crippen molar-refractivity contribution in [2.24, 2.45) is 15.2 Å². The van der Waals surface area contributed by atoms with Gasteiger partial charge in [0.05, 0.1) is 29.1 Å². The fourth-order valence-electron chi connectivity index (χ4n) is 5.63. The lowest BCUT2D eigenvalue weighted by Crippen LogP contribution is -2.08. The Balaban J connectivity index is 1.39. The maximum absolute atomic E-state index is 5.47. The van der Waals surface area contributed by atoms with E-state index in [1.807, 2.05) is 37.3 Å². The van der Waals surface area contributed by atoms with E-state index in [0.29, 0.717) is 5.17 Å². The molecule has 204 valence electrons. The van der Waals surface area contributed by atoms with Crippen LogP contribution in [0, 0.1) is 0 Å². The third-order valence-electron chi connectivity index (χ3n) is 7.62. The zero-order valence-corrected chi connectivity index (χ0v) is 24.6. The molecule has 0 saturated carbocycles. The molecule has 5 aromatic rings. The Morgan fingerprint density at radius 2 is 1.71 bits per heavy atom. The van der Waals surface area contributed by atoms with Gasteiger partial charge < -0.3 is 9.30 Å². The van der Waals surface area contributed by atoms with Crippen molar-refractivity contribution in [1.29, 1.82) is 0 Å². The molecule has 3 aromatic heterocycles. The molecule has 4 heterocycles. The lowest BCUT2D eigenvalue weighted by Gasteiger charge is -2.21. The number of benzene rings is 2. The molecular formula is C33H29N5OS2. The Morgan fingerprint density at radius 3 is 2.49 bits per heavy atom. The number of hydrogen-bond acceptors (Lipinski definition) is 6. The number of aromatic nitrogens is 2. The highest BCUT2D eigenvalue weighted by molar-refractivity contribution is 8.15. The summed E-state index contributed by atoms with van der Waals surface area (Å²) in [7, 11) is 1.71. The van der Waals surface area contributed by atoms with Crippen molar-refractivity contribution < 1.29 is 4.74 Å². The van der Waals surface area contributed by atoms with Crippen LogP contribution in [0.25, 0.3) is 27.0 Å². The molecule has 7 rings (SSSR count). The van der Waals surface area contributed by atoms with Gasteiger partial charge in [-0.3, -0.25) is 0 Å². The standard InChI is InChI=1S/C33H29N5OS2/c1-21(36-37-33-35-27(20-40-33)22-10-4-3-5-11-22)31-30(38-18-8-9-19-38)29-28(23-14-16-24(39-2)17-15-23)25-12-6-7-13-26(25)34-32(29)41-31/h3-5,8-11,14-19H,6-7,12-13,20H2,1-2H3/b36-21+,37-33-. The van der Waals surface area contributed by atoms with Gasteiger partial charge in [-0.15, -0.1) is 16.4 Å². The number of amidine groups is 1. The first kappa shape index (κ1) is 25.9. The van der Waals surface area contributed by atoms with Crippen LogP contribution in [0.5, 0.6) is 5.75 Å². The second-order valence-corrected chi connectivity index (χ2v) is 12.1. The maximum atomic E-state index is 5.47. The summed E-state index contributed by atoms with van der Waals surface area (Å²) in [5.41, 5.74) is 9.19. The van der Waals surface area contributed by atoms with Gasteiger partial charge in [0, 0.05) is 29.2 Å². The molecule has 0 unspecified atom stereocenters. The lowest BCUT2D eigenvalue weighted by molar-refractivity contribution is 0.415. The molecular weight excluding hydrogens is 547 g/mol. The Morgan fingerprint density at radius 1 is 0.927 bits per heavy atom. The number of hydrogen-bond donors (Lipinski definition) is 0. The molecule has 0 saturated heterocycles. The fourth-order valence-corrected chi connectivity index (χ4v) is 7.54. The van der Waals surface area contributed by atoms with Crippen LogP contribution in [0.2, 0.25) is 0 Å². The van der Waals surface area contributed by atoms with Gasteiger partial charge in [-0.1, -0.05) is 54.2 Å². The molecule has 0 fully saturated rings. The van der Waals surface area contributed by atoms with Crippen LogP contribution in [-0.2, 0) is 12.8 Å². The van der Waals surface area contributed by atoms with Crippen molar-refractivity contribution in [2.75, 3.05) is 12.9 Å². The summed E-state index contributed by atoms with van der Waals surface area (Å²) in [6.45, 7) is 2.04. The highest BCUT2D eigenvalue weighted by atomic mass is 32.2. The average molecular weight is 576 g/mol. The van der Waals surface area contributed by atoms with Crippen LogP contribution >= 0.6 is 23.1 Å². The van der Waals surface area contributed by atoms with Gasteiger partial charge in [0.15, 0.2) is 0 Å². The third kappa shape index (κ3) is 4.91. The van der Waals surface area contributed by atoms with E-state index in [9.17, 15) is 0 Å². The predicted molar refractivity (Wildman–Crippen MR) is 173 cm³/mol. The summed E-state index contributed by atoms with van der Waals surface area (Å²) in [5.74, 6) is 1.66. The van der Waals surface area contributed by atoms with Crippen LogP contribution in [0.3, 0.4) is 0 Å². The van der Waals surface area contributed by atoms with Gasteiger partial charge in [0.25, 0.3) is 0 Å². The molecule has 8 heteroatoms. The Hall–Kier alpha value is -4.01. The SMILES string of the molecule is COc1ccc(-c2c3c(nc4sc(/C(C)=N/N=C5/N=C(c6ccccc6)CS5)c(-n5cccc5)c24)CCCC3)cc1. The minimum Gasteiger partial charge on any atom is -0.497 e. The molecule has 0 N–H and O–H groups in total. The van der Waals surface area contributed by atoms with E-state index < -0.39 is 0 Å². The predicted octanol–water partition coefficient (Wildman–Crippen LogP) is 7.96. The van der Waals surface area contributed by atoms with Crippen molar-refractivity contribution in [1.82, 2.24) is 9.55 Å². The van der Waals surface area contributed by atoms with E-state index in [4.69, 9.17) is 19.8 Å². The largest absolute Gasteiger partial charge is 0.497 e. The van der Waals surface area contributed by atoms with Crippen LogP contribution in [0.15, 0.2) is 94.3 Å². The number of nitrogens with zero attached hydrogens (tertiary/aromatic N) is 5.